The second-order valence-corrected chi connectivity index (χ2v) is 10.5. The summed E-state index contributed by atoms with van der Waals surface area (Å²) in [7, 11) is 1.50. The van der Waals surface area contributed by atoms with Crippen LogP contribution in [0.3, 0.4) is 0 Å². The number of aliphatic carboxylic acids is 1. The van der Waals surface area contributed by atoms with Crippen molar-refractivity contribution < 1.29 is 24.3 Å². The summed E-state index contributed by atoms with van der Waals surface area (Å²) >= 11 is 0. The molecule has 1 unspecified atom stereocenters. The van der Waals surface area contributed by atoms with Crippen molar-refractivity contribution in [3.8, 4) is 0 Å². The SMILES string of the molecule is CCC(C)[C@H](N)C(=O)N1CCCC[C@@H]1C(=O)N1CCCC[C@H]1C(=O)N(C)[C@H](Cc1ccccc1)C(=O)O. The Morgan fingerprint density at radius 1 is 1.00 bits per heavy atom. The smallest absolute Gasteiger partial charge is 0.326 e. The van der Waals surface area contributed by atoms with Gasteiger partial charge < -0.3 is 25.5 Å². The maximum absolute atomic E-state index is 13.9. The first kappa shape index (κ1) is 28.6. The Hall–Kier alpha value is -2.94. The van der Waals surface area contributed by atoms with Crippen LogP contribution in [-0.4, -0.2) is 87.8 Å². The standard InChI is InChI=1S/C28H42N4O5/c1-4-19(2)24(29)27(35)32-17-11-9-15-22(32)26(34)31-16-10-8-14-21(31)25(33)30(3)23(28(36)37)18-20-12-6-5-7-13-20/h5-7,12-13,19,21-24H,4,8-11,14-18,29H2,1-3H3,(H,36,37)/t19?,21-,22+,23+,24-/m0/s1. The van der Waals surface area contributed by atoms with Gasteiger partial charge in [0, 0.05) is 26.6 Å². The van der Waals surface area contributed by atoms with Gasteiger partial charge in [-0.1, -0.05) is 50.6 Å². The number of carbonyl (C=O) groups excluding carboxylic acids is 3. The van der Waals surface area contributed by atoms with E-state index in [1.807, 2.05) is 44.2 Å². The lowest BCUT2D eigenvalue weighted by atomic mass is 9.93. The van der Waals surface area contributed by atoms with Gasteiger partial charge in [-0.15, -0.1) is 0 Å². The molecule has 1 aromatic carbocycles. The number of benzene rings is 1. The molecule has 0 radical (unpaired) electrons. The second-order valence-electron chi connectivity index (χ2n) is 10.5. The summed E-state index contributed by atoms with van der Waals surface area (Å²) in [5, 5.41) is 9.91. The average Bonchev–Trinajstić information content (AvgIpc) is 2.93. The Labute approximate surface area is 220 Å². The van der Waals surface area contributed by atoms with Crippen LogP contribution in [0.2, 0.25) is 0 Å². The molecule has 0 aromatic heterocycles. The van der Waals surface area contributed by atoms with Crippen molar-refractivity contribution in [3.63, 3.8) is 0 Å². The third-order valence-corrected chi connectivity index (χ3v) is 8.06. The normalized spacial score (nSPS) is 22.6. The van der Waals surface area contributed by atoms with E-state index in [2.05, 4.69) is 0 Å². The second kappa shape index (κ2) is 13.0. The largest absolute Gasteiger partial charge is 0.480 e. The van der Waals surface area contributed by atoms with Gasteiger partial charge in [0.2, 0.25) is 17.7 Å². The number of amides is 3. The predicted octanol–water partition coefficient (Wildman–Crippen LogP) is 2.28. The van der Waals surface area contributed by atoms with Crippen molar-refractivity contribution in [2.45, 2.75) is 89.4 Å². The molecule has 0 bridgehead atoms. The first-order valence-electron chi connectivity index (χ1n) is 13.6. The molecule has 1 aromatic rings. The van der Waals surface area contributed by atoms with Crippen LogP contribution in [0.1, 0.15) is 64.4 Å². The van der Waals surface area contributed by atoms with Gasteiger partial charge in [0.1, 0.15) is 18.1 Å². The zero-order valence-corrected chi connectivity index (χ0v) is 22.3. The van der Waals surface area contributed by atoms with E-state index in [1.54, 1.807) is 9.80 Å². The van der Waals surface area contributed by atoms with Gasteiger partial charge in [-0.05, 0) is 50.0 Å². The summed E-state index contributed by atoms with van der Waals surface area (Å²) < 4.78 is 0. The summed E-state index contributed by atoms with van der Waals surface area (Å²) in [5.41, 5.74) is 7.07. The molecule has 2 saturated heterocycles. The average molecular weight is 515 g/mol. The number of nitrogens with zero attached hydrogens (tertiary/aromatic N) is 3. The lowest BCUT2D eigenvalue weighted by Gasteiger charge is -2.43. The fourth-order valence-electron chi connectivity index (χ4n) is 5.40. The van der Waals surface area contributed by atoms with Crippen LogP contribution in [0.25, 0.3) is 0 Å². The predicted molar refractivity (Wildman–Crippen MR) is 140 cm³/mol. The molecule has 0 spiro atoms. The van der Waals surface area contributed by atoms with Crippen LogP contribution in [0.5, 0.6) is 0 Å². The zero-order valence-electron chi connectivity index (χ0n) is 22.3. The fourth-order valence-corrected chi connectivity index (χ4v) is 5.40. The Morgan fingerprint density at radius 2 is 1.59 bits per heavy atom. The highest BCUT2D eigenvalue weighted by atomic mass is 16.4. The van der Waals surface area contributed by atoms with Crippen LogP contribution in [-0.2, 0) is 25.6 Å². The lowest BCUT2D eigenvalue weighted by Crippen LogP contribution is -2.62. The number of hydrogen-bond donors (Lipinski definition) is 2. The number of carboxylic acids is 1. The Morgan fingerprint density at radius 3 is 2.19 bits per heavy atom. The highest BCUT2D eigenvalue weighted by molar-refractivity contribution is 5.94. The molecule has 5 atom stereocenters. The van der Waals surface area contributed by atoms with Crippen molar-refractivity contribution >= 4 is 23.7 Å². The number of likely N-dealkylation sites (N-methyl/N-ethyl adjacent to an activating group) is 1. The van der Waals surface area contributed by atoms with Crippen LogP contribution < -0.4 is 5.73 Å². The van der Waals surface area contributed by atoms with Gasteiger partial charge in [-0.25, -0.2) is 4.79 Å². The topological polar surface area (TPSA) is 124 Å². The number of carboxylic acid groups (broad SMARTS) is 1. The molecule has 204 valence electrons. The third-order valence-electron chi connectivity index (χ3n) is 8.06. The molecule has 2 aliphatic heterocycles. The van der Waals surface area contributed by atoms with E-state index in [0.717, 1.165) is 37.7 Å². The zero-order chi connectivity index (χ0) is 27.1. The van der Waals surface area contributed by atoms with Crippen LogP contribution >= 0.6 is 0 Å². The van der Waals surface area contributed by atoms with E-state index in [1.165, 1.54) is 11.9 Å². The summed E-state index contributed by atoms with van der Waals surface area (Å²) in [4.78, 5) is 57.4. The van der Waals surface area contributed by atoms with Crippen molar-refractivity contribution in [3.05, 3.63) is 35.9 Å². The first-order chi connectivity index (χ1) is 17.7. The van der Waals surface area contributed by atoms with Gasteiger partial charge >= 0.3 is 5.97 Å². The minimum Gasteiger partial charge on any atom is -0.480 e. The number of nitrogens with two attached hydrogens (primary N) is 1. The Balaban J connectivity index is 1.79. The molecular weight excluding hydrogens is 472 g/mol. The molecule has 37 heavy (non-hydrogen) atoms. The molecule has 2 aliphatic rings. The van der Waals surface area contributed by atoms with E-state index in [4.69, 9.17) is 5.73 Å². The molecule has 2 heterocycles. The molecule has 9 heteroatoms. The molecule has 0 saturated carbocycles. The maximum Gasteiger partial charge on any atom is 0.326 e. The van der Waals surface area contributed by atoms with E-state index < -0.39 is 30.1 Å². The summed E-state index contributed by atoms with van der Waals surface area (Å²) in [6.45, 7) is 4.81. The van der Waals surface area contributed by atoms with Gasteiger partial charge in [-0.3, -0.25) is 14.4 Å². The van der Waals surface area contributed by atoms with Crippen LogP contribution in [0.4, 0.5) is 0 Å². The first-order valence-corrected chi connectivity index (χ1v) is 13.6. The molecule has 9 nitrogen and oxygen atoms in total. The van der Waals surface area contributed by atoms with Gasteiger partial charge in [-0.2, -0.15) is 0 Å². The van der Waals surface area contributed by atoms with E-state index in [0.29, 0.717) is 25.9 Å². The lowest BCUT2D eigenvalue weighted by molar-refractivity contribution is -0.158. The number of piperidine rings is 2. The monoisotopic (exact) mass is 514 g/mol. The molecule has 3 rings (SSSR count). The minimum atomic E-state index is -1.09. The number of likely N-dealkylation sites (tertiary alicyclic amines) is 2. The van der Waals surface area contributed by atoms with Crippen LogP contribution in [0.15, 0.2) is 30.3 Å². The van der Waals surface area contributed by atoms with E-state index in [9.17, 15) is 24.3 Å². The van der Waals surface area contributed by atoms with Crippen molar-refractivity contribution in [2.24, 2.45) is 11.7 Å². The third kappa shape index (κ3) is 6.69. The maximum atomic E-state index is 13.9. The van der Waals surface area contributed by atoms with Crippen molar-refractivity contribution in [1.82, 2.24) is 14.7 Å². The number of rotatable bonds is 9. The summed E-state index contributed by atoms with van der Waals surface area (Å²) in [6.07, 6.45) is 5.13. The summed E-state index contributed by atoms with van der Waals surface area (Å²) in [6, 6.07) is 6.10. The fraction of sp³-hybridized carbons (Fsp3) is 0.643. The highest BCUT2D eigenvalue weighted by Gasteiger charge is 2.43. The number of hydrogen-bond acceptors (Lipinski definition) is 5. The van der Waals surface area contributed by atoms with E-state index in [-0.39, 0.29) is 30.1 Å². The highest BCUT2D eigenvalue weighted by Crippen LogP contribution is 2.27. The Bertz CT molecular complexity index is 955. The van der Waals surface area contributed by atoms with Gasteiger partial charge in [0.25, 0.3) is 0 Å². The number of carbonyl (C=O) groups is 4. The molecule has 0 aliphatic carbocycles. The molecule has 2 fully saturated rings. The van der Waals surface area contributed by atoms with Crippen molar-refractivity contribution in [1.29, 1.82) is 0 Å². The van der Waals surface area contributed by atoms with Gasteiger partial charge in [0.15, 0.2) is 0 Å². The Kier molecular flexibility index (Phi) is 10.1. The van der Waals surface area contributed by atoms with E-state index >= 15 is 0 Å². The minimum absolute atomic E-state index is 0.000655. The van der Waals surface area contributed by atoms with Crippen molar-refractivity contribution in [2.75, 3.05) is 20.1 Å². The molecule has 3 N–H and O–H groups in total. The molecular formula is C28H42N4O5. The quantitative estimate of drug-likeness (QED) is 0.521. The van der Waals surface area contributed by atoms with Gasteiger partial charge in [0.05, 0.1) is 6.04 Å². The van der Waals surface area contributed by atoms with Crippen LogP contribution in [0, 0.1) is 5.92 Å². The summed E-state index contributed by atoms with van der Waals surface area (Å²) in [5.74, 6) is -1.90. The molecule has 3 amide bonds.